The molecule has 2 amide bonds. The number of fused-ring (bicyclic) bond motifs is 7. The van der Waals surface area contributed by atoms with Gasteiger partial charge in [-0.2, -0.15) is 5.26 Å². The molecule has 5 aliphatic carbocycles. The van der Waals surface area contributed by atoms with Crippen molar-refractivity contribution >= 4 is 29.9 Å². The zero-order chi connectivity index (χ0) is 38.8. The number of hydrogen-bond donors (Lipinski definition) is 4. The number of allylic oxidation sites excluding steroid dienone is 4. The largest absolute Gasteiger partial charge is 0.483 e. The Balaban J connectivity index is 0.00000195. The summed E-state index contributed by atoms with van der Waals surface area (Å²) >= 11 is 0. The minimum Gasteiger partial charge on any atom is -0.483 e. The van der Waals surface area contributed by atoms with Gasteiger partial charge in [0.15, 0.2) is 11.6 Å². The molecule has 5 aliphatic rings. The molecule has 0 aliphatic heterocycles. The molecular weight excluding hydrogens is 656 g/mol. The Morgan fingerprint density at radius 1 is 0.942 bits per heavy atom. The van der Waals surface area contributed by atoms with Gasteiger partial charge in [-0.25, -0.2) is 0 Å². The van der Waals surface area contributed by atoms with E-state index in [0.717, 1.165) is 76.2 Å². The molecule has 0 aromatic carbocycles. The second-order valence-electron chi connectivity index (χ2n) is 18.4. The monoisotopic (exact) mass is 720 g/mol. The van der Waals surface area contributed by atoms with Gasteiger partial charge in [0.05, 0.1) is 11.0 Å². The van der Waals surface area contributed by atoms with Gasteiger partial charge in [0.25, 0.3) is 6.47 Å². The van der Waals surface area contributed by atoms with Crippen LogP contribution < -0.4 is 16.4 Å². The van der Waals surface area contributed by atoms with E-state index in [-0.39, 0.29) is 69.4 Å². The Morgan fingerprint density at radius 3 is 2.23 bits per heavy atom. The number of carbonyl (C=O) groups is 5. The van der Waals surface area contributed by atoms with Crippen LogP contribution in [0.2, 0.25) is 0 Å². The number of hydrogen-bond acceptors (Lipinski definition) is 7. The van der Waals surface area contributed by atoms with Crippen LogP contribution in [0.1, 0.15) is 132 Å². The lowest BCUT2D eigenvalue weighted by Crippen LogP contribution is -2.66. The summed E-state index contributed by atoms with van der Waals surface area (Å²) in [5.41, 5.74) is 4.29. The van der Waals surface area contributed by atoms with Gasteiger partial charge in [-0.1, -0.05) is 73.0 Å². The topological polar surface area (TPSA) is 179 Å². The first-order valence-corrected chi connectivity index (χ1v) is 19.6. The number of nitrogens with zero attached hydrogens (tertiary/aromatic N) is 1. The molecule has 10 heteroatoms. The van der Waals surface area contributed by atoms with E-state index < -0.39 is 16.2 Å². The Kier molecular flexibility index (Phi) is 12.4. The van der Waals surface area contributed by atoms with Crippen LogP contribution in [-0.4, -0.2) is 54.6 Å². The van der Waals surface area contributed by atoms with Crippen molar-refractivity contribution in [1.29, 1.82) is 5.26 Å². The van der Waals surface area contributed by atoms with Gasteiger partial charge in [-0.05, 0) is 105 Å². The Labute approximate surface area is 311 Å². The molecule has 5 rings (SSSR count). The highest BCUT2D eigenvalue weighted by Crippen LogP contribution is 2.74. The lowest BCUT2D eigenvalue weighted by atomic mass is 9.34. The molecule has 288 valence electrons. The summed E-state index contributed by atoms with van der Waals surface area (Å²) in [7, 11) is 0. The van der Waals surface area contributed by atoms with Crippen molar-refractivity contribution in [3.63, 3.8) is 0 Å². The smallest absolute Gasteiger partial charge is 0.290 e. The first-order valence-electron chi connectivity index (χ1n) is 19.6. The second-order valence-corrected chi connectivity index (χ2v) is 18.4. The first kappa shape index (κ1) is 41.4. The van der Waals surface area contributed by atoms with Gasteiger partial charge < -0.3 is 21.5 Å². The third kappa shape index (κ3) is 7.15. The molecule has 0 aromatic rings. The van der Waals surface area contributed by atoms with Gasteiger partial charge >= 0.3 is 0 Å². The van der Waals surface area contributed by atoms with E-state index in [0.29, 0.717) is 32.5 Å². The summed E-state index contributed by atoms with van der Waals surface area (Å²) in [4.78, 5) is 63.2. The average molecular weight is 721 g/mol. The number of Topliss-reactive ketones (excluding diaryl/α,β-unsaturated/α-hetero) is 1. The lowest BCUT2D eigenvalue weighted by Gasteiger charge is -2.69. The molecule has 0 spiro atoms. The summed E-state index contributed by atoms with van der Waals surface area (Å²) in [6, 6.07) is 2.19. The van der Waals surface area contributed by atoms with E-state index in [1.54, 1.807) is 0 Å². The summed E-state index contributed by atoms with van der Waals surface area (Å²) < 4.78 is 0. The fourth-order valence-corrected chi connectivity index (χ4v) is 11.6. The number of unbranched alkanes of at least 4 members (excludes halogenated alkanes) is 3. The molecule has 0 radical (unpaired) electrons. The quantitative estimate of drug-likeness (QED) is 0.139. The minimum atomic E-state index is -0.699. The molecule has 0 bridgehead atoms. The van der Waals surface area contributed by atoms with Crippen LogP contribution in [-0.2, 0) is 24.0 Å². The maximum atomic E-state index is 14.7. The number of nitriles is 1. The van der Waals surface area contributed by atoms with Crippen molar-refractivity contribution in [2.24, 2.45) is 56.0 Å². The third-order valence-corrected chi connectivity index (χ3v) is 14.6. The molecule has 3 fully saturated rings. The first-order chi connectivity index (χ1) is 24.3. The molecule has 0 heterocycles. The molecule has 0 unspecified atom stereocenters. The highest BCUT2D eigenvalue weighted by Gasteiger charge is 2.70. The number of rotatable bonds is 11. The van der Waals surface area contributed by atoms with Gasteiger partial charge in [0.2, 0.25) is 11.8 Å². The van der Waals surface area contributed by atoms with Crippen molar-refractivity contribution in [3.8, 4) is 6.07 Å². The summed E-state index contributed by atoms with van der Waals surface area (Å²) in [5, 5.41) is 23.1. The van der Waals surface area contributed by atoms with E-state index in [4.69, 9.17) is 15.6 Å². The summed E-state index contributed by atoms with van der Waals surface area (Å²) in [6.07, 6.45) is 14.6. The lowest BCUT2D eigenvalue weighted by molar-refractivity contribution is -0.178. The number of carboxylic acid groups (broad SMARTS) is 1. The van der Waals surface area contributed by atoms with Crippen LogP contribution in [0.3, 0.4) is 0 Å². The molecule has 7 atom stereocenters. The van der Waals surface area contributed by atoms with Crippen LogP contribution in [0.4, 0.5) is 0 Å². The minimum absolute atomic E-state index is 0.00219. The Morgan fingerprint density at radius 2 is 1.58 bits per heavy atom. The maximum Gasteiger partial charge on any atom is 0.290 e. The predicted molar refractivity (Wildman–Crippen MR) is 200 cm³/mol. The van der Waals surface area contributed by atoms with Crippen molar-refractivity contribution < 1.29 is 29.1 Å². The number of nitrogens with two attached hydrogens (primary N) is 1. The fraction of sp³-hybridized carbons (Fsp3) is 0.762. The average Bonchev–Trinajstić information content (AvgIpc) is 3.07. The van der Waals surface area contributed by atoms with Gasteiger partial charge in [-0.3, -0.25) is 24.0 Å². The van der Waals surface area contributed by atoms with E-state index in [1.165, 1.54) is 0 Å². The van der Waals surface area contributed by atoms with Crippen LogP contribution in [0.5, 0.6) is 0 Å². The van der Waals surface area contributed by atoms with Gasteiger partial charge in [0, 0.05) is 36.3 Å². The SMILES string of the molecule is CC1(C)CC[C@]2(C(=O)NCCCC(=O)NCCCCCCN)CC[C@]3(C)[C@H](C(=O)C=C4[C@@]5(C)C=C(C#N)C(=O)C(C)(C)[C@@H]5CC[C@]43C)[C@@H]2C1.O=CO. The van der Waals surface area contributed by atoms with Crippen molar-refractivity contribution in [1.82, 2.24) is 10.6 Å². The van der Waals surface area contributed by atoms with E-state index in [9.17, 15) is 24.4 Å². The standard InChI is InChI=1S/C41H62N4O4.CH2O2/c1-36(2)16-18-41(35(49)45-22-12-13-32(47)44-21-11-9-8-10-20-42)19-17-40(7)33(28(41)25-36)29(46)23-31-38(5)24-27(26-43)34(48)37(3,4)30(38)14-15-39(31,40)6;2-1-3/h23-24,28,30,33H,8-22,25,42H2,1-7H3,(H,44,47)(H,45,49);1H,(H,2,3)/t28-,30-,33-,38-,39+,40+,41-;/m0./s1. The molecule has 5 N–H and O–H groups in total. The molecule has 3 saturated carbocycles. The number of amides is 2. The number of carbonyl (C=O) groups excluding carboxylic acids is 4. The fourth-order valence-electron chi connectivity index (χ4n) is 11.6. The van der Waals surface area contributed by atoms with Crippen LogP contribution in [0, 0.1) is 61.6 Å². The number of ketones is 2. The Bertz CT molecular complexity index is 1520. The third-order valence-electron chi connectivity index (χ3n) is 14.6. The highest BCUT2D eigenvalue weighted by molar-refractivity contribution is 6.04. The zero-order valence-electron chi connectivity index (χ0n) is 32.8. The van der Waals surface area contributed by atoms with Crippen molar-refractivity contribution in [2.75, 3.05) is 19.6 Å². The normalized spacial score (nSPS) is 35.3. The molecular formula is C42H64N4O6. The van der Waals surface area contributed by atoms with Gasteiger partial charge in [-0.15, -0.1) is 0 Å². The Hall–Kier alpha value is -3.32. The second kappa shape index (κ2) is 15.6. The maximum absolute atomic E-state index is 14.7. The highest BCUT2D eigenvalue weighted by atomic mass is 16.3. The van der Waals surface area contributed by atoms with Gasteiger partial charge in [0.1, 0.15) is 6.07 Å². The summed E-state index contributed by atoms with van der Waals surface area (Å²) in [5.74, 6) is -0.284. The van der Waals surface area contributed by atoms with Crippen LogP contribution in [0.25, 0.3) is 0 Å². The number of nitrogens with one attached hydrogen (secondary N) is 2. The van der Waals surface area contributed by atoms with E-state index >= 15 is 0 Å². The van der Waals surface area contributed by atoms with Crippen LogP contribution >= 0.6 is 0 Å². The van der Waals surface area contributed by atoms with Crippen LogP contribution in [0.15, 0.2) is 23.3 Å². The molecule has 52 heavy (non-hydrogen) atoms. The van der Waals surface area contributed by atoms with E-state index in [2.05, 4.69) is 51.3 Å². The summed E-state index contributed by atoms with van der Waals surface area (Å²) in [6.45, 7) is 16.8. The predicted octanol–water partition coefficient (Wildman–Crippen LogP) is 6.44. The molecule has 0 aromatic heterocycles. The van der Waals surface area contributed by atoms with E-state index in [1.807, 2.05) is 26.0 Å². The van der Waals surface area contributed by atoms with Crippen molar-refractivity contribution in [2.45, 2.75) is 132 Å². The zero-order valence-corrected chi connectivity index (χ0v) is 32.8. The molecule has 10 nitrogen and oxygen atoms in total. The van der Waals surface area contributed by atoms with Crippen molar-refractivity contribution in [3.05, 3.63) is 23.3 Å². The molecule has 0 saturated heterocycles.